The Morgan fingerprint density at radius 3 is 3.05 bits per heavy atom. The molecule has 1 fully saturated rings. The fourth-order valence-corrected chi connectivity index (χ4v) is 3.24. The van der Waals surface area contributed by atoms with Gasteiger partial charge in [-0.2, -0.15) is 11.3 Å². The molecular formula is C14H15N3O3S. The number of hydrogen-bond donors (Lipinski definition) is 0. The zero-order chi connectivity index (χ0) is 14.8. The SMILES string of the molecule is C[C@@H]1CN(c2ncccc2[N+](=O)[O-])C[C@@H](c2ccsc2)O1. The van der Waals surface area contributed by atoms with Gasteiger partial charge in [-0.3, -0.25) is 10.1 Å². The summed E-state index contributed by atoms with van der Waals surface area (Å²) in [6, 6.07) is 5.10. The van der Waals surface area contributed by atoms with Gasteiger partial charge in [0.2, 0.25) is 5.82 Å². The molecule has 0 N–H and O–H groups in total. The summed E-state index contributed by atoms with van der Waals surface area (Å²) in [7, 11) is 0. The van der Waals surface area contributed by atoms with Crippen molar-refractivity contribution >= 4 is 22.8 Å². The molecule has 3 heterocycles. The minimum absolute atomic E-state index is 0.00902. The predicted molar refractivity (Wildman–Crippen MR) is 80.7 cm³/mol. The van der Waals surface area contributed by atoms with Crippen molar-refractivity contribution in [2.45, 2.75) is 19.1 Å². The monoisotopic (exact) mass is 305 g/mol. The maximum absolute atomic E-state index is 11.2. The third-order valence-corrected chi connectivity index (χ3v) is 4.14. The van der Waals surface area contributed by atoms with E-state index in [1.54, 1.807) is 23.6 Å². The molecule has 0 radical (unpaired) electrons. The van der Waals surface area contributed by atoms with E-state index in [1.165, 1.54) is 6.07 Å². The molecule has 2 atom stereocenters. The molecule has 1 saturated heterocycles. The Labute approximate surface area is 126 Å². The minimum atomic E-state index is -0.387. The molecule has 7 heteroatoms. The summed E-state index contributed by atoms with van der Waals surface area (Å²) in [4.78, 5) is 16.9. The van der Waals surface area contributed by atoms with E-state index in [1.807, 2.05) is 28.7 Å². The van der Waals surface area contributed by atoms with Crippen LogP contribution in [0.25, 0.3) is 0 Å². The molecule has 0 amide bonds. The number of hydrogen-bond acceptors (Lipinski definition) is 6. The number of thiophene rings is 1. The van der Waals surface area contributed by atoms with E-state index in [2.05, 4.69) is 4.98 Å². The average molecular weight is 305 g/mol. The largest absolute Gasteiger partial charge is 0.367 e. The van der Waals surface area contributed by atoms with Gasteiger partial charge in [-0.1, -0.05) is 0 Å². The van der Waals surface area contributed by atoms with Gasteiger partial charge in [0, 0.05) is 18.8 Å². The summed E-state index contributed by atoms with van der Waals surface area (Å²) in [5.74, 6) is 0.415. The smallest absolute Gasteiger partial charge is 0.311 e. The number of nitro groups is 1. The highest BCUT2D eigenvalue weighted by atomic mass is 32.1. The van der Waals surface area contributed by atoms with Crippen molar-refractivity contribution in [3.05, 3.63) is 50.8 Å². The van der Waals surface area contributed by atoms with Gasteiger partial charge in [-0.15, -0.1) is 0 Å². The Morgan fingerprint density at radius 1 is 1.48 bits per heavy atom. The maximum atomic E-state index is 11.2. The van der Waals surface area contributed by atoms with Crippen LogP contribution in [0.5, 0.6) is 0 Å². The molecule has 0 spiro atoms. The van der Waals surface area contributed by atoms with Crippen LogP contribution < -0.4 is 4.90 Å². The van der Waals surface area contributed by atoms with E-state index >= 15 is 0 Å². The number of ether oxygens (including phenoxy) is 1. The second kappa shape index (κ2) is 5.79. The lowest BCUT2D eigenvalue weighted by Gasteiger charge is -2.37. The standard InChI is InChI=1S/C14H15N3O3S/c1-10-7-16(8-13(20-10)11-4-6-21-9-11)14-12(17(18)19)3-2-5-15-14/h2-6,9-10,13H,7-8H2,1H3/t10-,13+/m1/s1. The maximum Gasteiger partial charge on any atom is 0.311 e. The van der Waals surface area contributed by atoms with Crippen molar-refractivity contribution < 1.29 is 9.66 Å². The molecule has 0 aliphatic carbocycles. The van der Waals surface area contributed by atoms with Gasteiger partial charge >= 0.3 is 5.69 Å². The van der Waals surface area contributed by atoms with E-state index in [0.29, 0.717) is 18.9 Å². The molecule has 3 rings (SSSR count). The van der Waals surface area contributed by atoms with Crippen LogP contribution in [0, 0.1) is 10.1 Å². The molecule has 0 bridgehead atoms. The van der Waals surface area contributed by atoms with Crippen LogP contribution in [-0.2, 0) is 4.74 Å². The third-order valence-electron chi connectivity index (χ3n) is 3.44. The molecule has 0 saturated carbocycles. The summed E-state index contributed by atoms with van der Waals surface area (Å²) in [6.45, 7) is 3.14. The summed E-state index contributed by atoms with van der Waals surface area (Å²) in [5, 5.41) is 15.2. The van der Waals surface area contributed by atoms with E-state index < -0.39 is 0 Å². The Balaban J connectivity index is 1.90. The van der Waals surface area contributed by atoms with Gasteiger partial charge in [-0.05, 0) is 35.4 Å². The quantitative estimate of drug-likeness (QED) is 0.644. The topological polar surface area (TPSA) is 68.5 Å². The van der Waals surface area contributed by atoms with Crippen molar-refractivity contribution in [1.82, 2.24) is 4.98 Å². The Kier molecular flexibility index (Phi) is 3.85. The second-order valence-corrected chi connectivity index (χ2v) is 5.78. The normalized spacial score (nSPS) is 22.2. The number of rotatable bonds is 3. The van der Waals surface area contributed by atoms with E-state index in [9.17, 15) is 10.1 Å². The Morgan fingerprint density at radius 2 is 2.33 bits per heavy atom. The third kappa shape index (κ3) is 2.88. The first-order valence-electron chi connectivity index (χ1n) is 6.67. The lowest BCUT2D eigenvalue weighted by molar-refractivity contribution is -0.384. The highest BCUT2D eigenvalue weighted by Gasteiger charge is 2.31. The fraction of sp³-hybridized carbons (Fsp3) is 0.357. The molecule has 21 heavy (non-hydrogen) atoms. The minimum Gasteiger partial charge on any atom is -0.367 e. The van der Waals surface area contributed by atoms with Crippen LogP contribution in [0.3, 0.4) is 0 Å². The summed E-state index contributed by atoms with van der Waals surface area (Å²) < 4.78 is 5.95. The highest BCUT2D eigenvalue weighted by Crippen LogP contribution is 2.32. The van der Waals surface area contributed by atoms with Crippen molar-refractivity contribution in [2.75, 3.05) is 18.0 Å². The van der Waals surface area contributed by atoms with Gasteiger partial charge in [0.15, 0.2) is 0 Å². The molecule has 0 aromatic carbocycles. The van der Waals surface area contributed by atoms with E-state index in [0.717, 1.165) is 5.56 Å². The summed E-state index contributed by atoms with van der Waals surface area (Å²) >= 11 is 1.62. The fourth-order valence-electron chi connectivity index (χ4n) is 2.54. The van der Waals surface area contributed by atoms with Gasteiger partial charge in [-0.25, -0.2) is 4.98 Å². The molecule has 110 valence electrons. The molecule has 0 unspecified atom stereocenters. The van der Waals surface area contributed by atoms with Crippen LogP contribution in [0.4, 0.5) is 11.5 Å². The number of anilines is 1. The molecule has 2 aromatic rings. The predicted octanol–water partition coefficient (Wildman–Crippen LogP) is 3.02. The average Bonchev–Trinajstić information content (AvgIpc) is 3.01. The van der Waals surface area contributed by atoms with Gasteiger partial charge in [0.1, 0.15) is 6.10 Å². The second-order valence-electron chi connectivity index (χ2n) is 5.00. The number of morpholine rings is 1. The van der Waals surface area contributed by atoms with Crippen LogP contribution >= 0.6 is 11.3 Å². The Hall–Kier alpha value is -1.99. The number of pyridine rings is 1. The highest BCUT2D eigenvalue weighted by molar-refractivity contribution is 7.07. The molecule has 6 nitrogen and oxygen atoms in total. The summed E-state index contributed by atoms with van der Waals surface area (Å²) in [6.07, 6.45) is 1.49. The molecular weight excluding hydrogens is 290 g/mol. The van der Waals surface area contributed by atoms with Crippen LogP contribution in [0.2, 0.25) is 0 Å². The zero-order valence-electron chi connectivity index (χ0n) is 11.5. The number of aromatic nitrogens is 1. The van der Waals surface area contributed by atoms with Crippen molar-refractivity contribution in [3.8, 4) is 0 Å². The molecule has 1 aliphatic heterocycles. The van der Waals surface area contributed by atoms with Gasteiger partial charge in [0.25, 0.3) is 0 Å². The first-order chi connectivity index (χ1) is 10.1. The van der Waals surface area contributed by atoms with Gasteiger partial charge in [0.05, 0.1) is 17.6 Å². The summed E-state index contributed by atoms with van der Waals surface area (Å²) in [5.41, 5.74) is 1.14. The van der Waals surface area contributed by atoms with Crippen LogP contribution in [0.1, 0.15) is 18.6 Å². The lowest BCUT2D eigenvalue weighted by Crippen LogP contribution is -2.43. The first-order valence-corrected chi connectivity index (χ1v) is 7.61. The van der Waals surface area contributed by atoms with Gasteiger partial charge < -0.3 is 9.64 Å². The zero-order valence-corrected chi connectivity index (χ0v) is 12.3. The van der Waals surface area contributed by atoms with E-state index in [-0.39, 0.29) is 22.8 Å². The molecule has 1 aliphatic rings. The van der Waals surface area contributed by atoms with Crippen molar-refractivity contribution in [1.29, 1.82) is 0 Å². The van der Waals surface area contributed by atoms with E-state index in [4.69, 9.17) is 4.74 Å². The first kappa shape index (κ1) is 14.0. The Bertz CT molecular complexity index is 632. The lowest BCUT2D eigenvalue weighted by atomic mass is 10.1. The molecule has 2 aromatic heterocycles. The van der Waals surface area contributed by atoms with Crippen LogP contribution in [0.15, 0.2) is 35.2 Å². The van der Waals surface area contributed by atoms with Crippen molar-refractivity contribution in [3.63, 3.8) is 0 Å². The van der Waals surface area contributed by atoms with Crippen molar-refractivity contribution in [2.24, 2.45) is 0 Å². The number of nitrogens with zero attached hydrogens (tertiary/aromatic N) is 3. The van der Waals surface area contributed by atoms with Crippen LogP contribution in [-0.4, -0.2) is 29.1 Å².